The highest BCUT2D eigenvalue weighted by Gasteiger charge is 2.04. The molecule has 16 heavy (non-hydrogen) atoms. The number of aromatic amines is 1. The number of oxazole rings is 1. The van der Waals surface area contributed by atoms with Gasteiger partial charge in [0, 0.05) is 12.4 Å². The Balaban J connectivity index is 1.79. The number of imidazole rings is 1. The van der Waals surface area contributed by atoms with Crippen LogP contribution in [0.3, 0.4) is 0 Å². The summed E-state index contributed by atoms with van der Waals surface area (Å²) in [6, 6.07) is 8.17. The molecule has 0 saturated heterocycles. The Kier molecular flexibility index (Phi) is 2.07. The number of aromatic nitrogens is 3. The molecule has 5 heteroatoms. The van der Waals surface area contributed by atoms with Crippen molar-refractivity contribution in [2.75, 3.05) is 5.32 Å². The van der Waals surface area contributed by atoms with Gasteiger partial charge in [-0.25, -0.2) is 4.98 Å². The average molecular weight is 214 g/mol. The molecule has 3 aromatic rings. The number of H-pyrrole nitrogens is 1. The Hall–Kier alpha value is -2.30. The highest BCUT2D eigenvalue weighted by Crippen LogP contribution is 2.18. The molecule has 0 amide bonds. The lowest BCUT2D eigenvalue weighted by Gasteiger charge is -1.96. The molecule has 2 aromatic heterocycles. The molecule has 80 valence electrons. The Labute approximate surface area is 91.5 Å². The summed E-state index contributed by atoms with van der Waals surface area (Å²) in [6.45, 7) is 0.569. The molecule has 0 spiro atoms. The van der Waals surface area contributed by atoms with Crippen molar-refractivity contribution in [3.63, 3.8) is 0 Å². The van der Waals surface area contributed by atoms with Crippen LogP contribution in [0.15, 0.2) is 41.1 Å². The number of nitrogens with zero attached hydrogens (tertiary/aromatic N) is 2. The van der Waals surface area contributed by atoms with Crippen LogP contribution in [-0.4, -0.2) is 15.0 Å². The molecule has 3 rings (SSSR count). The molecule has 5 nitrogen and oxygen atoms in total. The summed E-state index contributed by atoms with van der Waals surface area (Å²) in [5, 5.41) is 3.06. The predicted molar refractivity (Wildman–Crippen MR) is 59.9 cm³/mol. The molecule has 0 aliphatic carbocycles. The van der Waals surface area contributed by atoms with Crippen molar-refractivity contribution < 1.29 is 4.42 Å². The number of benzene rings is 1. The standard InChI is InChI=1S/C11H10N4O/c1-2-4-9-8(3-1)15-11(16-9)14-7-10-12-5-6-13-10/h1-6H,7H2,(H,12,13)(H,14,15). The lowest BCUT2D eigenvalue weighted by molar-refractivity contribution is 0.613. The molecule has 0 saturated carbocycles. The van der Waals surface area contributed by atoms with Gasteiger partial charge in [0.15, 0.2) is 5.58 Å². The molecule has 0 fully saturated rings. The van der Waals surface area contributed by atoms with Crippen molar-refractivity contribution in [1.82, 2.24) is 15.0 Å². The zero-order chi connectivity index (χ0) is 10.8. The van der Waals surface area contributed by atoms with Crippen LogP contribution in [0.2, 0.25) is 0 Å². The van der Waals surface area contributed by atoms with Gasteiger partial charge in [0.1, 0.15) is 11.3 Å². The van der Waals surface area contributed by atoms with Crippen molar-refractivity contribution in [2.45, 2.75) is 6.54 Å². The van der Waals surface area contributed by atoms with Crippen molar-refractivity contribution in [3.05, 3.63) is 42.5 Å². The van der Waals surface area contributed by atoms with Crippen LogP contribution in [0.25, 0.3) is 11.1 Å². The van der Waals surface area contributed by atoms with Crippen LogP contribution in [0.5, 0.6) is 0 Å². The Morgan fingerprint density at radius 1 is 1.31 bits per heavy atom. The molecule has 1 aromatic carbocycles. The van der Waals surface area contributed by atoms with Gasteiger partial charge in [-0.05, 0) is 12.1 Å². The number of nitrogens with one attached hydrogen (secondary N) is 2. The van der Waals surface area contributed by atoms with Gasteiger partial charge in [0.25, 0.3) is 6.01 Å². The zero-order valence-electron chi connectivity index (χ0n) is 8.47. The van der Waals surface area contributed by atoms with E-state index in [1.165, 1.54) is 0 Å². The van der Waals surface area contributed by atoms with Gasteiger partial charge in [-0.1, -0.05) is 12.1 Å². The fraction of sp³-hybridized carbons (Fsp3) is 0.0909. The van der Waals surface area contributed by atoms with Crippen molar-refractivity contribution in [3.8, 4) is 0 Å². The van der Waals surface area contributed by atoms with Gasteiger partial charge >= 0.3 is 0 Å². The maximum absolute atomic E-state index is 5.50. The van der Waals surface area contributed by atoms with E-state index < -0.39 is 0 Å². The average Bonchev–Trinajstić information content (AvgIpc) is 2.95. The zero-order valence-corrected chi connectivity index (χ0v) is 8.47. The maximum atomic E-state index is 5.50. The van der Waals surface area contributed by atoms with Crippen LogP contribution >= 0.6 is 0 Å². The molecule has 0 radical (unpaired) electrons. The van der Waals surface area contributed by atoms with Gasteiger partial charge < -0.3 is 14.7 Å². The quantitative estimate of drug-likeness (QED) is 0.701. The first kappa shape index (κ1) is 8.96. The van der Waals surface area contributed by atoms with E-state index in [0.717, 1.165) is 16.9 Å². The molecule has 0 aliphatic rings. The second kappa shape index (κ2) is 3.69. The molecule has 0 atom stereocenters. The summed E-state index contributed by atoms with van der Waals surface area (Å²) in [7, 11) is 0. The van der Waals surface area contributed by atoms with E-state index in [0.29, 0.717) is 12.6 Å². The number of hydrogen-bond acceptors (Lipinski definition) is 4. The van der Waals surface area contributed by atoms with E-state index in [1.54, 1.807) is 12.4 Å². The fourth-order valence-electron chi connectivity index (χ4n) is 1.50. The smallest absolute Gasteiger partial charge is 0.296 e. The molecule has 0 unspecified atom stereocenters. The number of rotatable bonds is 3. The minimum Gasteiger partial charge on any atom is -0.424 e. The van der Waals surface area contributed by atoms with Gasteiger partial charge in [-0.15, -0.1) is 0 Å². The highest BCUT2D eigenvalue weighted by molar-refractivity contribution is 5.74. The first-order chi connectivity index (χ1) is 7.92. The third kappa shape index (κ3) is 1.63. The van der Waals surface area contributed by atoms with E-state index in [4.69, 9.17) is 4.42 Å². The first-order valence-electron chi connectivity index (χ1n) is 4.99. The van der Waals surface area contributed by atoms with Crippen molar-refractivity contribution >= 4 is 17.1 Å². The van der Waals surface area contributed by atoms with Crippen LogP contribution in [-0.2, 0) is 6.54 Å². The minimum atomic E-state index is 0.512. The second-order valence-electron chi connectivity index (χ2n) is 3.38. The summed E-state index contributed by atoms with van der Waals surface area (Å²) in [5.41, 5.74) is 1.63. The van der Waals surface area contributed by atoms with Crippen molar-refractivity contribution in [2.24, 2.45) is 0 Å². The van der Waals surface area contributed by atoms with Gasteiger partial charge in [0.05, 0.1) is 6.54 Å². The second-order valence-corrected chi connectivity index (χ2v) is 3.38. The number of fused-ring (bicyclic) bond motifs is 1. The van der Waals surface area contributed by atoms with Gasteiger partial charge in [0.2, 0.25) is 0 Å². The predicted octanol–water partition coefficient (Wildman–Crippen LogP) is 2.16. The fourth-order valence-corrected chi connectivity index (χ4v) is 1.50. The Morgan fingerprint density at radius 3 is 3.06 bits per heavy atom. The van der Waals surface area contributed by atoms with E-state index in [1.807, 2.05) is 24.3 Å². The number of hydrogen-bond donors (Lipinski definition) is 2. The topological polar surface area (TPSA) is 66.7 Å². The normalized spacial score (nSPS) is 10.8. The number of para-hydroxylation sites is 2. The van der Waals surface area contributed by atoms with Gasteiger partial charge in [-0.2, -0.15) is 4.98 Å². The lowest BCUT2D eigenvalue weighted by Crippen LogP contribution is -2.00. The van der Waals surface area contributed by atoms with Crippen LogP contribution in [0.1, 0.15) is 5.82 Å². The third-order valence-electron chi connectivity index (χ3n) is 2.26. The summed E-state index contributed by atoms with van der Waals surface area (Å²) in [4.78, 5) is 11.4. The summed E-state index contributed by atoms with van der Waals surface area (Å²) in [5.74, 6) is 0.849. The van der Waals surface area contributed by atoms with E-state index in [-0.39, 0.29) is 0 Å². The maximum Gasteiger partial charge on any atom is 0.296 e. The largest absolute Gasteiger partial charge is 0.424 e. The van der Waals surface area contributed by atoms with Crippen LogP contribution in [0, 0.1) is 0 Å². The first-order valence-corrected chi connectivity index (χ1v) is 4.99. The molecular formula is C11H10N4O. The summed E-state index contributed by atoms with van der Waals surface area (Å²) in [6.07, 6.45) is 3.49. The summed E-state index contributed by atoms with van der Waals surface area (Å²) < 4.78 is 5.50. The third-order valence-corrected chi connectivity index (χ3v) is 2.26. The SMILES string of the molecule is c1ccc2oc(NCc3ncc[nH]3)nc2c1. The monoisotopic (exact) mass is 214 g/mol. The molecule has 0 bridgehead atoms. The van der Waals surface area contributed by atoms with Crippen molar-refractivity contribution in [1.29, 1.82) is 0 Å². The highest BCUT2D eigenvalue weighted by atomic mass is 16.4. The molecule has 0 aliphatic heterocycles. The van der Waals surface area contributed by atoms with E-state index in [2.05, 4.69) is 20.3 Å². The molecule has 2 heterocycles. The van der Waals surface area contributed by atoms with Crippen LogP contribution in [0.4, 0.5) is 6.01 Å². The lowest BCUT2D eigenvalue weighted by atomic mass is 10.3. The molecule has 2 N–H and O–H groups in total. The summed E-state index contributed by atoms with van der Waals surface area (Å²) >= 11 is 0. The van der Waals surface area contributed by atoms with E-state index in [9.17, 15) is 0 Å². The Bertz CT molecular complexity index is 552. The minimum absolute atomic E-state index is 0.512. The van der Waals surface area contributed by atoms with Crippen LogP contribution < -0.4 is 5.32 Å². The number of anilines is 1. The molecular weight excluding hydrogens is 204 g/mol. The van der Waals surface area contributed by atoms with Gasteiger partial charge in [-0.3, -0.25) is 0 Å². The van der Waals surface area contributed by atoms with E-state index >= 15 is 0 Å². The Morgan fingerprint density at radius 2 is 2.25 bits per heavy atom.